The fraction of sp³-hybridized carbons (Fsp3) is 0.438. The summed E-state index contributed by atoms with van der Waals surface area (Å²) in [5.74, 6) is 1.41. The third-order valence-electron chi connectivity index (χ3n) is 4.28. The molecule has 1 aliphatic heterocycles. The predicted molar refractivity (Wildman–Crippen MR) is 93.8 cm³/mol. The van der Waals surface area contributed by atoms with E-state index in [2.05, 4.69) is 20.5 Å². The molecule has 0 aliphatic carbocycles. The van der Waals surface area contributed by atoms with Crippen LogP contribution in [0, 0.1) is 0 Å². The van der Waals surface area contributed by atoms with Gasteiger partial charge in [-0.2, -0.15) is 10.1 Å². The second-order valence-corrected chi connectivity index (χ2v) is 8.31. The first-order valence-electron chi connectivity index (χ1n) is 7.89. The molecule has 2 unspecified atom stereocenters. The fourth-order valence-electron chi connectivity index (χ4n) is 2.80. The van der Waals surface area contributed by atoms with Crippen molar-refractivity contribution in [3.63, 3.8) is 0 Å². The maximum absolute atomic E-state index is 11.7. The van der Waals surface area contributed by atoms with Gasteiger partial charge in [0.15, 0.2) is 15.7 Å². The molecule has 1 aliphatic rings. The first kappa shape index (κ1) is 16.6. The van der Waals surface area contributed by atoms with Gasteiger partial charge in [0.25, 0.3) is 0 Å². The third kappa shape index (κ3) is 3.81. The van der Waals surface area contributed by atoms with E-state index >= 15 is 0 Å². The Kier molecular flexibility index (Phi) is 4.66. The van der Waals surface area contributed by atoms with Crippen LogP contribution in [0.1, 0.15) is 24.9 Å². The van der Waals surface area contributed by atoms with Crippen LogP contribution < -0.4 is 10.2 Å². The van der Waals surface area contributed by atoms with Gasteiger partial charge < -0.3 is 10.2 Å². The monoisotopic (exact) mass is 347 g/mol. The summed E-state index contributed by atoms with van der Waals surface area (Å²) in [5, 5.41) is 11.3. The molecule has 1 aromatic heterocycles. The lowest BCUT2D eigenvalue weighted by molar-refractivity contribution is 0.600. The van der Waals surface area contributed by atoms with Crippen LogP contribution in [0.25, 0.3) is 0 Å². The zero-order valence-electron chi connectivity index (χ0n) is 13.8. The molecule has 1 N–H and O–H groups in total. The van der Waals surface area contributed by atoms with E-state index in [1.54, 1.807) is 11.1 Å². The Morgan fingerprint density at radius 3 is 2.71 bits per heavy atom. The van der Waals surface area contributed by atoms with Crippen LogP contribution in [-0.4, -0.2) is 48.2 Å². The second-order valence-electron chi connectivity index (χ2n) is 6.09. The quantitative estimate of drug-likeness (QED) is 0.880. The molecule has 1 fully saturated rings. The maximum atomic E-state index is 11.7. The molecule has 7 nitrogen and oxygen atoms in total. The summed E-state index contributed by atoms with van der Waals surface area (Å²) in [6.45, 7) is 2.05. The highest BCUT2D eigenvalue weighted by molar-refractivity contribution is 7.91. The number of nitrogens with zero attached hydrogens (tertiary/aromatic N) is 4. The van der Waals surface area contributed by atoms with Crippen LogP contribution in [0.2, 0.25) is 0 Å². The van der Waals surface area contributed by atoms with Crippen molar-refractivity contribution in [3.8, 4) is 0 Å². The van der Waals surface area contributed by atoms with E-state index in [0.717, 1.165) is 5.56 Å². The van der Waals surface area contributed by atoms with E-state index in [4.69, 9.17) is 0 Å². The molecule has 2 aromatic rings. The van der Waals surface area contributed by atoms with Gasteiger partial charge in [0, 0.05) is 19.1 Å². The maximum Gasteiger partial charge on any atom is 0.247 e. The normalized spacial score (nSPS) is 20.5. The lowest BCUT2D eigenvalue weighted by Crippen LogP contribution is -2.34. The van der Waals surface area contributed by atoms with Gasteiger partial charge in [-0.1, -0.05) is 30.3 Å². The van der Waals surface area contributed by atoms with Crippen molar-refractivity contribution >= 4 is 21.6 Å². The Labute approximate surface area is 142 Å². The number of hydrogen-bond donors (Lipinski definition) is 1. The second kappa shape index (κ2) is 6.72. The highest BCUT2D eigenvalue weighted by Crippen LogP contribution is 2.22. The van der Waals surface area contributed by atoms with Crippen molar-refractivity contribution in [1.82, 2.24) is 15.2 Å². The molecule has 1 saturated heterocycles. The topological polar surface area (TPSA) is 88.1 Å². The van der Waals surface area contributed by atoms with Crippen molar-refractivity contribution in [2.24, 2.45) is 0 Å². The number of hydrogen-bond acceptors (Lipinski definition) is 7. The summed E-state index contributed by atoms with van der Waals surface area (Å²) in [4.78, 5) is 6.28. The van der Waals surface area contributed by atoms with Crippen LogP contribution in [-0.2, 0) is 9.84 Å². The minimum absolute atomic E-state index is 0.0768. The molecule has 0 radical (unpaired) electrons. The smallest absolute Gasteiger partial charge is 0.247 e. The third-order valence-corrected chi connectivity index (χ3v) is 6.03. The summed E-state index contributed by atoms with van der Waals surface area (Å²) >= 11 is 0. The lowest BCUT2D eigenvalue weighted by Gasteiger charge is -2.23. The molecule has 1 aromatic carbocycles. The number of sulfone groups is 1. The minimum Gasteiger partial charge on any atom is -0.362 e. The van der Waals surface area contributed by atoms with Gasteiger partial charge in [0.2, 0.25) is 5.95 Å². The molecule has 8 heteroatoms. The number of benzene rings is 1. The Hall–Kier alpha value is -2.22. The zero-order chi connectivity index (χ0) is 17.2. The average molecular weight is 347 g/mol. The van der Waals surface area contributed by atoms with Crippen molar-refractivity contribution in [3.05, 3.63) is 42.1 Å². The number of nitrogens with one attached hydrogen (secondary N) is 1. The largest absolute Gasteiger partial charge is 0.362 e. The van der Waals surface area contributed by atoms with E-state index < -0.39 is 9.84 Å². The minimum atomic E-state index is -2.95. The summed E-state index contributed by atoms with van der Waals surface area (Å²) in [6.07, 6.45) is 2.17. The number of rotatable bonds is 5. The predicted octanol–water partition coefficient (Wildman–Crippen LogP) is 1.67. The SMILES string of the molecule is CC(Nc1cnnc(N(C)C2CCS(=O)(=O)C2)n1)c1ccccc1. The van der Waals surface area contributed by atoms with Gasteiger partial charge in [-0.05, 0) is 18.9 Å². The highest BCUT2D eigenvalue weighted by Gasteiger charge is 2.32. The number of anilines is 2. The van der Waals surface area contributed by atoms with Crippen LogP contribution >= 0.6 is 0 Å². The molecular formula is C16H21N5O2S. The zero-order valence-corrected chi connectivity index (χ0v) is 14.6. The molecule has 128 valence electrons. The Morgan fingerprint density at radius 1 is 1.29 bits per heavy atom. The molecule has 24 heavy (non-hydrogen) atoms. The molecule has 0 saturated carbocycles. The highest BCUT2D eigenvalue weighted by atomic mass is 32.2. The van der Waals surface area contributed by atoms with Crippen LogP contribution in [0.15, 0.2) is 36.5 Å². The van der Waals surface area contributed by atoms with Crippen LogP contribution in [0.3, 0.4) is 0 Å². The Morgan fingerprint density at radius 2 is 2.04 bits per heavy atom. The Bertz CT molecular complexity index is 797. The summed E-state index contributed by atoms with van der Waals surface area (Å²) in [6, 6.07) is 10.0. The summed E-state index contributed by atoms with van der Waals surface area (Å²) < 4.78 is 23.3. The van der Waals surface area contributed by atoms with Crippen molar-refractivity contribution in [2.75, 3.05) is 28.8 Å². The van der Waals surface area contributed by atoms with Gasteiger partial charge in [0.05, 0.1) is 17.7 Å². The standard InChI is InChI=1S/C16H21N5O2S/c1-12(13-6-4-3-5-7-13)18-15-10-17-20-16(19-15)21(2)14-8-9-24(22,23)11-14/h3-7,10,12,14H,8-9,11H2,1-2H3,(H,18,19,20). The van der Waals surface area contributed by atoms with Gasteiger partial charge in [-0.25, -0.2) is 8.42 Å². The van der Waals surface area contributed by atoms with Gasteiger partial charge in [-0.3, -0.25) is 0 Å². The van der Waals surface area contributed by atoms with E-state index in [9.17, 15) is 8.42 Å². The van der Waals surface area contributed by atoms with Gasteiger partial charge in [0.1, 0.15) is 0 Å². The van der Waals surface area contributed by atoms with E-state index in [-0.39, 0.29) is 23.6 Å². The van der Waals surface area contributed by atoms with Crippen molar-refractivity contribution < 1.29 is 8.42 Å². The van der Waals surface area contributed by atoms with E-state index in [0.29, 0.717) is 18.2 Å². The van der Waals surface area contributed by atoms with Crippen LogP contribution in [0.5, 0.6) is 0 Å². The molecule has 2 heterocycles. The fourth-order valence-corrected chi connectivity index (χ4v) is 4.58. The lowest BCUT2D eigenvalue weighted by atomic mass is 10.1. The van der Waals surface area contributed by atoms with Crippen molar-refractivity contribution in [2.45, 2.75) is 25.4 Å². The molecular weight excluding hydrogens is 326 g/mol. The molecule has 0 bridgehead atoms. The van der Waals surface area contributed by atoms with Gasteiger partial charge >= 0.3 is 0 Å². The molecule has 0 spiro atoms. The number of aromatic nitrogens is 3. The molecule has 2 atom stereocenters. The summed E-state index contributed by atoms with van der Waals surface area (Å²) in [7, 11) is -1.13. The first-order chi connectivity index (χ1) is 11.4. The molecule has 0 amide bonds. The Balaban J connectivity index is 1.72. The van der Waals surface area contributed by atoms with Crippen LogP contribution in [0.4, 0.5) is 11.8 Å². The molecule has 3 rings (SSSR count). The van der Waals surface area contributed by atoms with E-state index in [1.807, 2.05) is 44.3 Å². The van der Waals surface area contributed by atoms with E-state index in [1.165, 1.54) is 0 Å². The first-order valence-corrected chi connectivity index (χ1v) is 9.71. The van der Waals surface area contributed by atoms with Gasteiger partial charge in [-0.15, -0.1) is 5.10 Å². The average Bonchev–Trinajstić information content (AvgIpc) is 2.95. The van der Waals surface area contributed by atoms with Crippen molar-refractivity contribution in [1.29, 1.82) is 0 Å². The summed E-state index contributed by atoms with van der Waals surface area (Å²) in [5.41, 5.74) is 1.15.